The molecule has 0 amide bonds. The molecule has 2 aromatic rings. The summed E-state index contributed by atoms with van der Waals surface area (Å²) in [4.78, 5) is 0. The summed E-state index contributed by atoms with van der Waals surface area (Å²) in [5.41, 5.74) is 15.3. The molecular weight excluding hydrogens is 224 g/mol. The summed E-state index contributed by atoms with van der Waals surface area (Å²) in [7, 11) is 0. The first-order valence-corrected chi connectivity index (χ1v) is 5.73. The minimum absolute atomic E-state index is 0.148. The van der Waals surface area contributed by atoms with E-state index in [0.717, 1.165) is 11.1 Å². The molecule has 0 fully saturated rings. The molecule has 2 rings (SSSR count). The van der Waals surface area contributed by atoms with E-state index in [-0.39, 0.29) is 6.61 Å². The van der Waals surface area contributed by atoms with Crippen molar-refractivity contribution in [2.24, 2.45) is 0 Å². The van der Waals surface area contributed by atoms with E-state index in [2.05, 4.69) is 0 Å². The summed E-state index contributed by atoms with van der Waals surface area (Å²) in [6, 6.07) is 13.6. The first-order chi connectivity index (χ1) is 8.72. The molecule has 0 atom stereocenters. The van der Waals surface area contributed by atoms with E-state index in [4.69, 9.17) is 11.5 Å². The van der Waals surface area contributed by atoms with Gasteiger partial charge in [0.1, 0.15) is 0 Å². The van der Waals surface area contributed by atoms with Crippen LogP contribution >= 0.6 is 0 Å². The van der Waals surface area contributed by atoms with Crippen LogP contribution in [0.15, 0.2) is 42.5 Å². The second-order valence-electron chi connectivity index (χ2n) is 4.04. The van der Waals surface area contributed by atoms with Crippen LogP contribution in [0, 0.1) is 0 Å². The fourth-order valence-electron chi connectivity index (χ4n) is 1.77. The van der Waals surface area contributed by atoms with Crippen molar-refractivity contribution >= 4 is 23.5 Å². The van der Waals surface area contributed by atoms with Crippen LogP contribution in [0.1, 0.15) is 16.7 Å². The smallest absolute Gasteiger partial charge is 0.0722 e. The van der Waals surface area contributed by atoms with Gasteiger partial charge in [0, 0.05) is 16.9 Å². The predicted molar refractivity (Wildman–Crippen MR) is 76.6 cm³/mol. The average molecular weight is 240 g/mol. The number of rotatable bonds is 3. The van der Waals surface area contributed by atoms with Gasteiger partial charge >= 0.3 is 0 Å². The molecule has 0 spiro atoms. The van der Waals surface area contributed by atoms with E-state index >= 15 is 0 Å². The Kier molecular flexibility index (Phi) is 3.65. The highest BCUT2D eigenvalue weighted by Crippen LogP contribution is 2.25. The van der Waals surface area contributed by atoms with E-state index < -0.39 is 0 Å². The van der Waals surface area contributed by atoms with Crippen molar-refractivity contribution in [2.75, 3.05) is 11.5 Å². The molecule has 0 aliphatic heterocycles. The Labute approximate surface area is 106 Å². The summed E-state index contributed by atoms with van der Waals surface area (Å²) in [5, 5.41) is 9.22. The third-order valence-electron chi connectivity index (χ3n) is 2.84. The van der Waals surface area contributed by atoms with Gasteiger partial charge in [-0.05, 0) is 17.2 Å². The van der Waals surface area contributed by atoms with Crippen LogP contribution in [0.3, 0.4) is 0 Å². The molecule has 92 valence electrons. The van der Waals surface area contributed by atoms with Gasteiger partial charge in [-0.2, -0.15) is 0 Å². The van der Waals surface area contributed by atoms with E-state index in [1.165, 1.54) is 0 Å². The summed E-state index contributed by atoms with van der Waals surface area (Å²) in [6.07, 6.45) is 3.90. The van der Waals surface area contributed by atoms with Crippen LogP contribution in [0.2, 0.25) is 0 Å². The molecular formula is C15H16N2O. The summed E-state index contributed by atoms with van der Waals surface area (Å²) >= 11 is 0. The number of nitrogens with two attached hydrogens (primary N) is 2. The van der Waals surface area contributed by atoms with Crippen molar-refractivity contribution in [1.29, 1.82) is 0 Å². The number of benzene rings is 2. The minimum atomic E-state index is -0.148. The molecule has 0 aromatic heterocycles. The fraction of sp³-hybridized carbons (Fsp3) is 0.0667. The van der Waals surface area contributed by atoms with Crippen LogP contribution in [-0.2, 0) is 6.61 Å². The third kappa shape index (κ3) is 2.52. The fourth-order valence-corrected chi connectivity index (χ4v) is 1.77. The van der Waals surface area contributed by atoms with E-state index in [1.54, 1.807) is 6.07 Å². The van der Waals surface area contributed by atoms with Crippen molar-refractivity contribution in [3.05, 3.63) is 59.2 Å². The maximum Gasteiger partial charge on any atom is 0.0722 e. The highest BCUT2D eigenvalue weighted by molar-refractivity contribution is 5.79. The number of aliphatic hydroxyl groups excluding tert-OH is 1. The van der Waals surface area contributed by atoms with Gasteiger partial charge in [0.25, 0.3) is 0 Å². The lowest BCUT2D eigenvalue weighted by atomic mass is 10.0. The van der Waals surface area contributed by atoms with Gasteiger partial charge in [-0.25, -0.2) is 0 Å². The molecule has 18 heavy (non-hydrogen) atoms. The molecule has 0 unspecified atom stereocenters. The summed E-state index contributed by atoms with van der Waals surface area (Å²) < 4.78 is 0. The van der Waals surface area contributed by atoms with Crippen LogP contribution in [0.25, 0.3) is 12.2 Å². The number of nitrogen functional groups attached to an aromatic ring is 2. The molecule has 3 nitrogen and oxygen atoms in total. The summed E-state index contributed by atoms with van der Waals surface area (Å²) in [5.74, 6) is 0. The zero-order chi connectivity index (χ0) is 13.0. The molecule has 0 bridgehead atoms. The third-order valence-corrected chi connectivity index (χ3v) is 2.84. The SMILES string of the molecule is Nc1ccc(C=Cc2ccccc2)c(N)c1CO. The predicted octanol–water partition coefficient (Wildman–Crippen LogP) is 2.51. The molecule has 3 heteroatoms. The van der Waals surface area contributed by atoms with Crippen molar-refractivity contribution in [1.82, 2.24) is 0 Å². The van der Waals surface area contributed by atoms with Gasteiger partial charge in [-0.1, -0.05) is 48.6 Å². The maximum atomic E-state index is 9.22. The van der Waals surface area contributed by atoms with Gasteiger partial charge in [0.05, 0.1) is 6.61 Å². The lowest BCUT2D eigenvalue weighted by molar-refractivity contribution is 0.283. The molecule has 0 saturated carbocycles. The Balaban J connectivity index is 2.33. The Bertz CT molecular complexity index is 562. The van der Waals surface area contributed by atoms with Gasteiger partial charge < -0.3 is 16.6 Å². The Morgan fingerprint density at radius 3 is 2.33 bits per heavy atom. The van der Waals surface area contributed by atoms with Crippen molar-refractivity contribution in [3.8, 4) is 0 Å². The monoisotopic (exact) mass is 240 g/mol. The average Bonchev–Trinajstić information content (AvgIpc) is 2.40. The standard InChI is InChI=1S/C15H16N2O/c16-14-9-8-12(15(17)13(14)10-18)7-6-11-4-2-1-3-5-11/h1-9,18H,10,16-17H2. The molecule has 0 aliphatic rings. The van der Waals surface area contributed by atoms with Gasteiger partial charge in [0.15, 0.2) is 0 Å². The highest BCUT2D eigenvalue weighted by atomic mass is 16.3. The van der Waals surface area contributed by atoms with Gasteiger partial charge in [0.2, 0.25) is 0 Å². The number of hydrogen-bond donors (Lipinski definition) is 3. The van der Waals surface area contributed by atoms with Crippen LogP contribution < -0.4 is 11.5 Å². The molecule has 0 heterocycles. The number of anilines is 2. The molecule has 0 saturated heterocycles. The highest BCUT2D eigenvalue weighted by Gasteiger charge is 2.05. The van der Waals surface area contributed by atoms with Crippen molar-refractivity contribution in [3.63, 3.8) is 0 Å². The normalized spacial score (nSPS) is 10.9. The lowest BCUT2D eigenvalue weighted by Gasteiger charge is -2.09. The number of aliphatic hydroxyl groups is 1. The van der Waals surface area contributed by atoms with E-state index in [0.29, 0.717) is 16.9 Å². The van der Waals surface area contributed by atoms with Crippen LogP contribution in [0.5, 0.6) is 0 Å². The van der Waals surface area contributed by atoms with Crippen molar-refractivity contribution in [2.45, 2.75) is 6.61 Å². The molecule has 0 radical (unpaired) electrons. The zero-order valence-electron chi connectivity index (χ0n) is 10.0. The Morgan fingerprint density at radius 1 is 0.944 bits per heavy atom. The topological polar surface area (TPSA) is 72.3 Å². The first-order valence-electron chi connectivity index (χ1n) is 5.73. The lowest BCUT2D eigenvalue weighted by Crippen LogP contribution is -2.01. The van der Waals surface area contributed by atoms with E-state index in [9.17, 15) is 5.11 Å². The van der Waals surface area contributed by atoms with Gasteiger partial charge in [-0.3, -0.25) is 0 Å². The first kappa shape index (κ1) is 12.2. The summed E-state index contributed by atoms with van der Waals surface area (Å²) in [6.45, 7) is -0.148. The molecule has 5 N–H and O–H groups in total. The molecule has 0 aliphatic carbocycles. The maximum absolute atomic E-state index is 9.22. The zero-order valence-corrected chi connectivity index (χ0v) is 10.0. The second kappa shape index (κ2) is 5.38. The van der Waals surface area contributed by atoms with E-state index in [1.807, 2.05) is 48.6 Å². The number of hydrogen-bond acceptors (Lipinski definition) is 3. The minimum Gasteiger partial charge on any atom is -0.398 e. The molecule has 2 aromatic carbocycles. The van der Waals surface area contributed by atoms with Gasteiger partial charge in [-0.15, -0.1) is 0 Å². The second-order valence-corrected chi connectivity index (χ2v) is 4.04. The van der Waals surface area contributed by atoms with Crippen molar-refractivity contribution < 1.29 is 5.11 Å². The quantitative estimate of drug-likeness (QED) is 0.570. The van der Waals surface area contributed by atoms with Crippen LogP contribution in [0.4, 0.5) is 11.4 Å². The van der Waals surface area contributed by atoms with Crippen LogP contribution in [-0.4, -0.2) is 5.11 Å². The Hall–Kier alpha value is -2.26. The Morgan fingerprint density at radius 2 is 1.67 bits per heavy atom. The largest absolute Gasteiger partial charge is 0.398 e.